The standard InChI is InChI=1S/C23H25N5O3/c1-2-31-21-6-4-3-5-20(21)28-14-19(11-22(28)29)23(30)25-12-17-7-9-18(10-8-17)13-27-16-24-15-26-27/h3-10,15-16,19H,2,11-14H2,1H3,(H,25,30). The number of benzene rings is 2. The predicted octanol–water partition coefficient (Wildman–Crippen LogP) is 2.39. The highest BCUT2D eigenvalue weighted by Gasteiger charge is 2.36. The minimum atomic E-state index is -0.381. The molecule has 31 heavy (non-hydrogen) atoms. The number of hydrogen-bond acceptors (Lipinski definition) is 5. The summed E-state index contributed by atoms with van der Waals surface area (Å²) < 4.78 is 7.39. The molecule has 1 atom stereocenters. The van der Waals surface area contributed by atoms with Crippen molar-refractivity contribution in [3.63, 3.8) is 0 Å². The summed E-state index contributed by atoms with van der Waals surface area (Å²) in [5.74, 6) is 0.0976. The number of anilines is 1. The average molecular weight is 419 g/mol. The molecular formula is C23H25N5O3. The number of ether oxygens (including phenoxy) is 1. The van der Waals surface area contributed by atoms with Crippen molar-refractivity contribution in [2.45, 2.75) is 26.4 Å². The average Bonchev–Trinajstić information content (AvgIpc) is 3.43. The SMILES string of the molecule is CCOc1ccccc1N1CC(C(=O)NCc2ccc(Cn3cncn3)cc2)CC1=O. The molecule has 8 nitrogen and oxygen atoms in total. The molecule has 1 aliphatic rings. The zero-order valence-corrected chi connectivity index (χ0v) is 17.4. The van der Waals surface area contributed by atoms with Gasteiger partial charge in [0.15, 0.2) is 0 Å². The molecule has 1 fully saturated rings. The Bertz CT molecular complexity index is 1030. The van der Waals surface area contributed by atoms with Crippen LogP contribution in [0.5, 0.6) is 5.75 Å². The molecule has 0 aliphatic carbocycles. The summed E-state index contributed by atoms with van der Waals surface area (Å²) in [7, 11) is 0. The van der Waals surface area contributed by atoms with Crippen molar-refractivity contribution in [2.24, 2.45) is 5.92 Å². The van der Waals surface area contributed by atoms with Crippen molar-refractivity contribution < 1.29 is 14.3 Å². The van der Waals surface area contributed by atoms with E-state index in [1.54, 1.807) is 15.9 Å². The Morgan fingerprint density at radius 2 is 1.94 bits per heavy atom. The lowest BCUT2D eigenvalue weighted by atomic mass is 10.1. The third-order valence-electron chi connectivity index (χ3n) is 5.25. The number of para-hydroxylation sites is 2. The third kappa shape index (κ3) is 4.91. The molecule has 0 bridgehead atoms. The maximum Gasteiger partial charge on any atom is 0.227 e. The van der Waals surface area contributed by atoms with Gasteiger partial charge in [-0.1, -0.05) is 36.4 Å². The molecule has 1 unspecified atom stereocenters. The lowest BCUT2D eigenvalue weighted by Crippen LogP contribution is -2.32. The number of nitrogens with zero attached hydrogens (tertiary/aromatic N) is 4. The Kier molecular flexibility index (Phi) is 6.26. The van der Waals surface area contributed by atoms with E-state index in [1.807, 2.05) is 55.5 Å². The first-order valence-electron chi connectivity index (χ1n) is 10.3. The maximum absolute atomic E-state index is 12.7. The normalized spacial score (nSPS) is 15.8. The van der Waals surface area contributed by atoms with Crippen LogP contribution in [0.15, 0.2) is 61.2 Å². The first kappa shape index (κ1) is 20.6. The fourth-order valence-electron chi connectivity index (χ4n) is 3.67. The van der Waals surface area contributed by atoms with Crippen LogP contribution in [0.2, 0.25) is 0 Å². The Balaban J connectivity index is 1.33. The number of carbonyl (C=O) groups excluding carboxylic acids is 2. The van der Waals surface area contributed by atoms with Gasteiger partial charge in [-0.05, 0) is 30.2 Å². The van der Waals surface area contributed by atoms with Crippen molar-refractivity contribution in [3.8, 4) is 5.75 Å². The molecule has 0 spiro atoms. The quantitative estimate of drug-likeness (QED) is 0.606. The fourth-order valence-corrected chi connectivity index (χ4v) is 3.67. The van der Waals surface area contributed by atoms with Gasteiger partial charge in [0, 0.05) is 19.5 Å². The molecule has 8 heteroatoms. The lowest BCUT2D eigenvalue weighted by molar-refractivity contribution is -0.126. The second-order valence-corrected chi connectivity index (χ2v) is 7.43. The Morgan fingerprint density at radius 1 is 1.16 bits per heavy atom. The van der Waals surface area contributed by atoms with E-state index in [1.165, 1.54) is 6.33 Å². The van der Waals surface area contributed by atoms with Crippen molar-refractivity contribution >= 4 is 17.5 Å². The van der Waals surface area contributed by atoms with Gasteiger partial charge in [0.1, 0.15) is 18.4 Å². The van der Waals surface area contributed by atoms with Crippen LogP contribution in [-0.2, 0) is 22.7 Å². The molecule has 160 valence electrons. The molecule has 1 aromatic heterocycles. The molecule has 0 saturated carbocycles. The van der Waals surface area contributed by atoms with Gasteiger partial charge in [-0.15, -0.1) is 0 Å². The fraction of sp³-hybridized carbons (Fsp3) is 0.304. The van der Waals surface area contributed by atoms with E-state index in [0.717, 1.165) is 11.1 Å². The summed E-state index contributed by atoms with van der Waals surface area (Å²) in [6.45, 7) is 3.84. The van der Waals surface area contributed by atoms with Crippen molar-refractivity contribution in [1.29, 1.82) is 0 Å². The van der Waals surface area contributed by atoms with Crippen molar-refractivity contribution in [1.82, 2.24) is 20.1 Å². The van der Waals surface area contributed by atoms with Gasteiger partial charge in [-0.3, -0.25) is 9.59 Å². The Hall–Kier alpha value is -3.68. The Labute approximate surface area is 180 Å². The first-order valence-corrected chi connectivity index (χ1v) is 10.3. The lowest BCUT2D eigenvalue weighted by Gasteiger charge is -2.20. The van der Waals surface area contributed by atoms with Crippen LogP contribution in [0.4, 0.5) is 5.69 Å². The predicted molar refractivity (Wildman–Crippen MR) is 115 cm³/mol. The molecular weight excluding hydrogens is 394 g/mol. The summed E-state index contributed by atoms with van der Waals surface area (Å²) in [5.41, 5.74) is 2.82. The van der Waals surface area contributed by atoms with Gasteiger partial charge in [-0.2, -0.15) is 5.10 Å². The van der Waals surface area contributed by atoms with Crippen molar-refractivity contribution in [2.75, 3.05) is 18.1 Å². The summed E-state index contributed by atoms with van der Waals surface area (Å²) in [5, 5.41) is 7.06. The van der Waals surface area contributed by atoms with Gasteiger partial charge in [0.05, 0.1) is 24.8 Å². The summed E-state index contributed by atoms with van der Waals surface area (Å²) in [6, 6.07) is 15.4. The molecule has 0 radical (unpaired) electrons. The topological polar surface area (TPSA) is 89.3 Å². The third-order valence-corrected chi connectivity index (χ3v) is 5.25. The number of hydrogen-bond donors (Lipinski definition) is 1. The number of amides is 2. The Morgan fingerprint density at radius 3 is 2.68 bits per heavy atom. The van der Waals surface area contributed by atoms with E-state index in [9.17, 15) is 9.59 Å². The van der Waals surface area contributed by atoms with E-state index in [4.69, 9.17) is 4.74 Å². The zero-order valence-electron chi connectivity index (χ0n) is 17.4. The number of carbonyl (C=O) groups is 2. The molecule has 1 N–H and O–H groups in total. The molecule has 2 aromatic carbocycles. The van der Waals surface area contributed by atoms with Crippen LogP contribution in [-0.4, -0.2) is 39.7 Å². The number of nitrogens with one attached hydrogen (secondary N) is 1. The summed E-state index contributed by atoms with van der Waals surface area (Å²) >= 11 is 0. The molecule has 2 heterocycles. The van der Waals surface area contributed by atoms with Gasteiger partial charge < -0.3 is 15.0 Å². The zero-order chi connectivity index (χ0) is 21.6. The summed E-state index contributed by atoms with van der Waals surface area (Å²) in [4.78, 5) is 30.8. The second kappa shape index (κ2) is 9.42. The molecule has 4 rings (SSSR count). The number of aromatic nitrogens is 3. The highest BCUT2D eigenvalue weighted by molar-refractivity contribution is 6.01. The van der Waals surface area contributed by atoms with Crippen LogP contribution in [0.3, 0.4) is 0 Å². The van der Waals surface area contributed by atoms with E-state index in [-0.39, 0.29) is 24.2 Å². The van der Waals surface area contributed by atoms with E-state index in [0.29, 0.717) is 37.7 Å². The van der Waals surface area contributed by atoms with Gasteiger partial charge in [0.25, 0.3) is 0 Å². The van der Waals surface area contributed by atoms with E-state index in [2.05, 4.69) is 15.4 Å². The largest absolute Gasteiger partial charge is 0.492 e. The van der Waals surface area contributed by atoms with Crippen LogP contribution in [0.1, 0.15) is 24.5 Å². The number of rotatable bonds is 8. The van der Waals surface area contributed by atoms with Gasteiger partial charge in [0.2, 0.25) is 11.8 Å². The molecule has 3 aromatic rings. The van der Waals surface area contributed by atoms with Crippen LogP contribution in [0, 0.1) is 5.92 Å². The highest BCUT2D eigenvalue weighted by Crippen LogP contribution is 2.33. The molecule has 1 saturated heterocycles. The van der Waals surface area contributed by atoms with E-state index >= 15 is 0 Å². The first-order chi connectivity index (χ1) is 15.1. The minimum Gasteiger partial charge on any atom is -0.492 e. The van der Waals surface area contributed by atoms with Crippen molar-refractivity contribution in [3.05, 3.63) is 72.3 Å². The van der Waals surface area contributed by atoms with Crippen LogP contribution >= 0.6 is 0 Å². The van der Waals surface area contributed by atoms with E-state index < -0.39 is 0 Å². The van der Waals surface area contributed by atoms with Crippen LogP contribution < -0.4 is 15.0 Å². The van der Waals surface area contributed by atoms with Gasteiger partial charge >= 0.3 is 0 Å². The smallest absolute Gasteiger partial charge is 0.227 e. The second-order valence-electron chi connectivity index (χ2n) is 7.43. The highest BCUT2D eigenvalue weighted by atomic mass is 16.5. The monoisotopic (exact) mass is 419 g/mol. The molecule has 1 aliphatic heterocycles. The molecule has 2 amide bonds. The van der Waals surface area contributed by atoms with Gasteiger partial charge in [-0.25, -0.2) is 9.67 Å². The summed E-state index contributed by atoms with van der Waals surface area (Å²) in [6.07, 6.45) is 3.38. The minimum absolute atomic E-state index is 0.0650. The van der Waals surface area contributed by atoms with Crippen LogP contribution in [0.25, 0.3) is 0 Å². The maximum atomic E-state index is 12.7.